The Hall–Kier alpha value is -2.83. The summed E-state index contributed by atoms with van der Waals surface area (Å²) in [7, 11) is 2.22. The van der Waals surface area contributed by atoms with Crippen LogP contribution < -0.4 is 10.5 Å². The van der Waals surface area contributed by atoms with Crippen LogP contribution in [0.25, 0.3) is 0 Å². The molecule has 0 aliphatic carbocycles. The van der Waals surface area contributed by atoms with Crippen molar-refractivity contribution in [1.29, 1.82) is 0 Å². The Kier molecular flexibility index (Phi) is 5.76. The van der Waals surface area contributed by atoms with Crippen LogP contribution in [0, 0.1) is 0 Å². The third-order valence-electron chi connectivity index (χ3n) is 2.13. The fourth-order valence-corrected chi connectivity index (χ4v) is 1.17. The Balaban J connectivity index is 2.98. The van der Waals surface area contributed by atoms with Gasteiger partial charge in [0, 0.05) is 6.08 Å². The molecule has 20 heavy (non-hydrogen) atoms. The minimum Gasteiger partial charge on any atom is -0.871 e. The number of para-hydroxylation sites is 1. The molecule has 0 amide bonds. The van der Waals surface area contributed by atoms with Crippen molar-refractivity contribution in [2.45, 2.75) is 0 Å². The molecule has 7 heteroatoms. The number of hydrogen-bond acceptors (Lipinski definition) is 7. The number of nitrogens with zero attached hydrogens (tertiary/aromatic N) is 1. The van der Waals surface area contributed by atoms with E-state index < -0.39 is 23.4 Å². The molecule has 0 aromatic heterocycles. The van der Waals surface area contributed by atoms with Crippen LogP contribution in [0.15, 0.2) is 47.3 Å². The van der Waals surface area contributed by atoms with Crippen LogP contribution in [0.5, 0.6) is 0 Å². The number of esters is 2. The van der Waals surface area contributed by atoms with Gasteiger partial charge < -0.3 is 14.6 Å². The summed E-state index contributed by atoms with van der Waals surface area (Å²) in [5.74, 6) is -2.75. The maximum Gasteiger partial charge on any atom is 0.357 e. The highest BCUT2D eigenvalue weighted by Gasteiger charge is 2.12. The number of rotatable bonds is 5. The number of hydrazone groups is 1. The van der Waals surface area contributed by atoms with Crippen LogP contribution in [0.2, 0.25) is 0 Å². The molecule has 0 fully saturated rings. The van der Waals surface area contributed by atoms with Gasteiger partial charge in [0.1, 0.15) is 0 Å². The third-order valence-corrected chi connectivity index (χ3v) is 2.13. The van der Waals surface area contributed by atoms with Crippen molar-refractivity contribution >= 4 is 23.3 Å². The minimum atomic E-state index is -0.960. The molecular formula is C13H13N2O5-. The van der Waals surface area contributed by atoms with Gasteiger partial charge in [0.2, 0.25) is 0 Å². The number of carbonyl (C=O) groups is 2. The first-order chi connectivity index (χ1) is 9.58. The van der Waals surface area contributed by atoms with Crippen molar-refractivity contribution in [3.05, 3.63) is 42.2 Å². The second kappa shape index (κ2) is 7.57. The van der Waals surface area contributed by atoms with Crippen LogP contribution in [0.4, 0.5) is 5.69 Å². The van der Waals surface area contributed by atoms with Gasteiger partial charge in [-0.3, -0.25) is 5.43 Å². The van der Waals surface area contributed by atoms with Gasteiger partial charge in [-0.25, -0.2) is 9.59 Å². The summed E-state index contributed by atoms with van der Waals surface area (Å²) < 4.78 is 8.74. The largest absolute Gasteiger partial charge is 0.871 e. The van der Waals surface area contributed by atoms with Gasteiger partial charge in [-0.1, -0.05) is 24.0 Å². The lowest BCUT2D eigenvalue weighted by molar-refractivity contribution is -0.290. The van der Waals surface area contributed by atoms with Crippen LogP contribution in [0.1, 0.15) is 0 Å². The molecule has 1 aromatic rings. The molecule has 0 atom stereocenters. The molecule has 1 aromatic carbocycles. The van der Waals surface area contributed by atoms with E-state index in [0.717, 1.165) is 14.2 Å². The van der Waals surface area contributed by atoms with Crippen molar-refractivity contribution in [3.63, 3.8) is 0 Å². The summed E-state index contributed by atoms with van der Waals surface area (Å²) in [4.78, 5) is 22.4. The fraction of sp³-hybridized carbons (Fsp3) is 0.154. The number of methoxy groups -OCH3 is 2. The molecule has 106 valence electrons. The van der Waals surface area contributed by atoms with Gasteiger partial charge in [-0.15, -0.1) is 0 Å². The summed E-state index contributed by atoms with van der Waals surface area (Å²) in [5.41, 5.74) is 2.54. The lowest BCUT2D eigenvalue weighted by Crippen LogP contribution is -2.27. The van der Waals surface area contributed by atoms with Crippen LogP contribution in [0.3, 0.4) is 0 Å². The zero-order chi connectivity index (χ0) is 15.0. The molecule has 1 N–H and O–H groups in total. The van der Waals surface area contributed by atoms with Crippen molar-refractivity contribution in [2.75, 3.05) is 19.6 Å². The van der Waals surface area contributed by atoms with Crippen molar-refractivity contribution in [3.8, 4) is 0 Å². The Morgan fingerprint density at radius 2 is 1.85 bits per heavy atom. The monoisotopic (exact) mass is 277 g/mol. The summed E-state index contributed by atoms with van der Waals surface area (Å²) in [6, 6.07) is 8.67. The summed E-state index contributed by atoms with van der Waals surface area (Å²) in [6.07, 6.45) is 0.614. The summed E-state index contributed by atoms with van der Waals surface area (Å²) >= 11 is 0. The van der Waals surface area contributed by atoms with Crippen molar-refractivity contribution in [2.24, 2.45) is 5.10 Å². The lowest BCUT2D eigenvalue weighted by atomic mass is 10.3. The molecule has 0 aliphatic rings. The van der Waals surface area contributed by atoms with Crippen molar-refractivity contribution < 1.29 is 24.2 Å². The average Bonchev–Trinajstić information content (AvgIpc) is 2.47. The van der Waals surface area contributed by atoms with E-state index in [9.17, 15) is 14.7 Å². The molecule has 0 saturated heterocycles. The van der Waals surface area contributed by atoms with Gasteiger partial charge in [0.15, 0.2) is 5.71 Å². The molecule has 1 rings (SSSR count). The highest BCUT2D eigenvalue weighted by molar-refractivity contribution is 6.42. The molecular weight excluding hydrogens is 264 g/mol. The van der Waals surface area contributed by atoms with E-state index in [1.807, 2.05) is 0 Å². The average molecular weight is 277 g/mol. The maximum atomic E-state index is 11.7. The highest BCUT2D eigenvalue weighted by atomic mass is 16.5. The Bertz CT molecular complexity index is 537. The number of ether oxygens (including phenoxy) is 2. The highest BCUT2D eigenvalue weighted by Crippen LogP contribution is 2.05. The van der Waals surface area contributed by atoms with Gasteiger partial charge in [0.05, 0.1) is 19.9 Å². The first-order valence-electron chi connectivity index (χ1n) is 5.52. The van der Waals surface area contributed by atoms with E-state index in [1.165, 1.54) is 0 Å². The number of hydrogen-bond donors (Lipinski definition) is 1. The van der Waals surface area contributed by atoms with E-state index >= 15 is 0 Å². The van der Waals surface area contributed by atoms with Crippen LogP contribution >= 0.6 is 0 Å². The third kappa shape index (κ3) is 4.45. The SMILES string of the molecule is COC(=O)/C=C([O-])/C(=N\Nc1ccccc1)C(=O)OC. The fourth-order valence-electron chi connectivity index (χ4n) is 1.17. The topological polar surface area (TPSA) is 100 Å². The first-order valence-corrected chi connectivity index (χ1v) is 5.52. The Morgan fingerprint density at radius 1 is 1.20 bits per heavy atom. The van der Waals surface area contributed by atoms with Gasteiger partial charge in [-0.05, 0) is 12.1 Å². The normalized spacial score (nSPS) is 11.7. The smallest absolute Gasteiger partial charge is 0.357 e. The second-order valence-corrected chi connectivity index (χ2v) is 3.46. The molecule has 7 nitrogen and oxygen atoms in total. The molecule has 0 spiro atoms. The summed E-state index contributed by atoms with van der Waals surface area (Å²) in [5, 5.41) is 15.4. The molecule has 0 aliphatic heterocycles. The minimum absolute atomic E-state index is 0.554. The zero-order valence-electron chi connectivity index (χ0n) is 11.0. The van der Waals surface area contributed by atoms with E-state index in [-0.39, 0.29) is 0 Å². The lowest BCUT2D eigenvalue weighted by Gasteiger charge is -2.13. The van der Waals surface area contributed by atoms with E-state index in [4.69, 9.17) is 0 Å². The predicted molar refractivity (Wildman–Crippen MR) is 69.6 cm³/mol. The first kappa shape index (κ1) is 15.2. The zero-order valence-corrected chi connectivity index (χ0v) is 11.0. The van der Waals surface area contributed by atoms with E-state index in [1.54, 1.807) is 30.3 Å². The van der Waals surface area contributed by atoms with Gasteiger partial charge in [-0.2, -0.15) is 5.10 Å². The van der Waals surface area contributed by atoms with Crippen molar-refractivity contribution in [1.82, 2.24) is 0 Å². The standard InChI is InChI=1S/C13H14N2O5/c1-19-11(17)8-10(16)12(13(18)20-2)15-14-9-6-4-3-5-7-9/h3-8,14,16H,1-2H3/p-1/b10-8-,15-12+. The van der Waals surface area contributed by atoms with Crippen LogP contribution in [-0.2, 0) is 19.1 Å². The molecule has 0 radical (unpaired) electrons. The summed E-state index contributed by atoms with van der Waals surface area (Å²) in [6.45, 7) is 0. The molecule has 0 unspecified atom stereocenters. The van der Waals surface area contributed by atoms with E-state index in [2.05, 4.69) is 20.0 Å². The number of nitrogens with one attached hydrogen (secondary N) is 1. The molecule has 0 saturated carbocycles. The Labute approximate surface area is 115 Å². The second-order valence-electron chi connectivity index (χ2n) is 3.46. The maximum absolute atomic E-state index is 11.7. The van der Waals surface area contributed by atoms with Gasteiger partial charge >= 0.3 is 11.9 Å². The molecule has 0 bridgehead atoms. The number of anilines is 1. The number of carbonyl (C=O) groups excluding carboxylic acids is 2. The number of benzene rings is 1. The van der Waals surface area contributed by atoms with Crippen LogP contribution in [-0.4, -0.2) is 31.9 Å². The molecule has 0 heterocycles. The quantitative estimate of drug-likeness (QED) is 0.268. The van der Waals surface area contributed by atoms with E-state index in [0.29, 0.717) is 11.8 Å². The Morgan fingerprint density at radius 3 is 2.40 bits per heavy atom. The van der Waals surface area contributed by atoms with Gasteiger partial charge in [0.25, 0.3) is 0 Å². The predicted octanol–water partition coefficient (Wildman–Crippen LogP) is 0.0447.